The van der Waals surface area contributed by atoms with E-state index in [2.05, 4.69) is 12.1 Å². The lowest BCUT2D eigenvalue weighted by Crippen LogP contribution is -1.96. The minimum Gasteiger partial charge on any atom is -0.493 e. The lowest BCUT2D eigenvalue weighted by atomic mass is 10.2. The van der Waals surface area contributed by atoms with Crippen LogP contribution in [0.5, 0.6) is 5.88 Å². The third kappa shape index (κ3) is 2.00. The number of benzene rings is 1. The van der Waals surface area contributed by atoms with E-state index in [1.165, 1.54) is 0 Å². The summed E-state index contributed by atoms with van der Waals surface area (Å²) < 4.78 is 1.68. The largest absolute Gasteiger partial charge is 0.493 e. The number of nitrogens with zero attached hydrogens (tertiary/aromatic N) is 2. The number of fused-ring (bicyclic) bond motifs is 1. The Morgan fingerprint density at radius 3 is 2.88 bits per heavy atom. The standard InChI is InChI=1S/C12H13ClN2O2/c1-2-3-6-15-10-7-8(13)4-5-9(10)11(14-17)12(15)16/h4-5,7,16H,2-3,6H2,1H3. The summed E-state index contributed by atoms with van der Waals surface area (Å²) in [6, 6.07) is 5.12. The van der Waals surface area contributed by atoms with Crippen molar-refractivity contribution in [3.05, 3.63) is 28.1 Å². The van der Waals surface area contributed by atoms with Crippen LogP contribution in [0, 0.1) is 4.91 Å². The molecule has 0 saturated carbocycles. The summed E-state index contributed by atoms with van der Waals surface area (Å²) in [4.78, 5) is 10.8. The molecule has 0 unspecified atom stereocenters. The maximum absolute atomic E-state index is 10.8. The number of halogens is 1. The molecular weight excluding hydrogens is 240 g/mol. The Balaban J connectivity index is 2.67. The van der Waals surface area contributed by atoms with E-state index in [9.17, 15) is 10.0 Å². The molecule has 0 aliphatic rings. The van der Waals surface area contributed by atoms with Crippen LogP contribution >= 0.6 is 11.6 Å². The normalized spacial score (nSPS) is 10.9. The number of aryl methyl sites for hydroxylation is 1. The zero-order valence-electron chi connectivity index (χ0n) is 9.48. The molecule has 2 aromatic rings. The van der Waals surface area contributed by atoms with E-state index in [4.69, 9.17) is 11.6 Å². The van der Waals surface area contributed by atoms with E-state index in [1.807, 2.05) is 0 Å². The first-order valence-electron chi connectivity index (χ1n) is 5.53. The molecule has 0 spiro atoms. The Bertz CT molecular complexity index is 563. The predicted octanol–water partition coefficient (Wildman–Crippen LogP) is 4.20. The van der Waals surface area contributed by atoms with E-state index in [0.29, 0.717) is 17.0 Å². The Hall–Kier alpha value is -1.55. The summed E-state index contributed by atoms with van der Waals surface area (Å²) in [5.41, 5.74) is 0.839. The fourth-order valence-corrected chi connectivity index (χ4v) is 2.09. The van der Waals surface area contributed by atoms with Crippen molar-refractivity contribution in [3.8, 4) is 5.88 Å². The van der Waals surface area contributed by atoms with Gasteiger partial charge in [0.15, 0.2) is 5.69 Å². The molecule has 17 heavy (non-hydrogen) atoms. The van der Waals surface area contributed by atoms with E-state index in [-0.39, 0.29) is 11.6 Å². The van der Waals surface area contributed by atoms with Gasteiger partial charge in [-0.05, 0) is 29.8 Å². The second-order valence-electron chi connectivity index (χ2n) is 3.93. The average molecular weight is 253 g/mol. The minimum absolute atomic E-state index is 0.0780. The van der Waals surface area contributed by atoms with E-state index >= 15 is 0 Å². The second-order valence-corrected chi connectivity index (χ2v) is 4.37. The fourth-order valence-electron chi connectivity index (χ4n) is 1.92. The zero-order valence-corrected chi connectivity index (χ0v) is 10.2. The van der Waals surface area contributed by atoms with Gasteiger partial charge in [-0.1, -0.05) is 24.9 Å². The zero-order chi connectivity index (χ0) is 12.4. The first-order chi connectivity index (χ1) is 8.19. The molecule has 1 aromatic carbocycles. The van der Waals surface area contributed by atoms with Crippen molar-refractivity contribution in [1.29, 1.82) is 0 Å². The summed E-state index contributed by atoms with van der Waals surface area (Å²) in [6.45, 7) is 2.71. The Labute approximate surface area is 104 Å². The molecule has 0 bridgehead atoms. The second kappa shape index (κ2) is 4.75. The molecule has 0 aliphatic carbocycles. The molecule has 90 valence electrons. The van der Waals surface area contributed by atoms with Crippen LogP contribution in [0.15, 0.2) is 23.4 Å². The van der Waals surface area contributed by atoms with Gasteiger partial charge in [-0.25, -0.2) is 0 Å². The number of aromatic hydroxyl groups is 1. The number of hydrogen-bond donors (Lipinski definition) is 1. The summed E-state index contributed by atoms with van der Waals surface area (Å²) in [5.74, 6) is -0.0780. The quantitative estimate of drug-likeness (QED) is 0.829. The molecule has 1 heterocycles. The van der Waals surface area contributed by atoms with E-state index < -0.39 is 0 Å². The fraction of sp³-hybridized carbons (Fsp3) is 0.333. The Morgan fingerprint density at radius 1 is 1.47 bits per heavy atom. The maximum Gasteiger partial charge on any atom is 0.222 e. The van der Waals surface area contributed by atoms with Crippen LogP contribution in [0.4, 0.5) is 5.69 Å². The van der Waals surface area contributed by atoms with Gasteiger partial charge in [-0.3, -0.25) is 0 Å². The SMILES string of the molecule is CCCCn1c(O)c(N=O)c2ccc(Cl)cc21. The molecule has 0 fully saturated rings. The van der Waals surface area contributed by atoms with Crippen LogP contribution in [0.25, 0.3) is 10.9 Å². The Morgan fingerprint density at radius 2 is 2.24 bits per heavy atom. The molecule has 0 amide bonds. The molecule has 1 aromatic heterocycles. The van der Waals surface area contributed by atoms with Crippen LogP contribution in [-0.4, -0.2) is 9.67 Å². The minimum atomic E-state index is -0.0780. The highest BCUT2D eigenvalue weighted by Crippen LogP contribution is 2.39. The summed E-state index contributed by atoms with van der Waals surface area (Å²) in [5, 5.41) is 14.1. The molecule has 4 nitrogen and oxygen atoms in total. The molecular formula is C12H13ClN2O2. The molecule has 0 radical (unpaired) electrons. The van der Waals surface area contributed by atoms with Gasteiger partial charge >= 0.3 is 0 Å². The van der Waals surface area contributed by atoms with Gasteiger partial charge in [-0.2, -0.15) is 0 Å². The van der Waals surface area contributed by atoms with Gasteiger partial charge in [0.05, 0.1) is 5.52 Å². The highest BCUT2D eigenvalue weighted by Gasteiger charge is 2.17. The van der Waals surface area contributed by atoms with Crippen molar-refractivity contribution < 1.29 is 5.11 Å². The van der Waals surface area contributed by atoms with Crippen molar-refractivity contribution in [1.82, 2.24) is 4.57 Å². The smallest absolute Gasteiger partial charge is 0.222 e. The number of nitroso groups, excluding NO2 is 1. The number of aromatic nitrogens is 1. The summed E-state index contributed by atoms with van der Waals surface area (Å²) in [7, 11) is 0. The molecule has 0 saturated heterocycles. The highest BCUT2D eigenvalue weighted by molar-refractivity contribution is 6.31. The van der Waals surface area contributed by atoms with Crippen molar-refractivity contribution in [2.24, 2.45) is 5.18 Å². The molecule has 5 heteroatoms. The first-order valence-corrected chi connectivity index (χ1v) is 5.91. The topological polar surface area (TPSA) is 54.6 Å². The predicted molar refractivity (Wildman–Crippen MR) is 69.0 cm³/mol. The van der Waals surface area contributed by atoms with Crippen molar-refractivity contribution in [2.45, 2.75) is 26.3 Å². The van der Waals surface area contributed by atoms with Gasteiger partial charge in [0, 0.05) is 17.0 Å². The van der Waals surface area contributed by atoms with Gasteiger partial charge in [0.1, 0.15) is 0 Å². The van der Waals surface area contributed by atoms with E-state index in [0.717, 1.165) is 18.4 Å². The number of rotatable bonds is 4. The van der Waals surface area contributed by atoms with Crippen LogP contribution < -0.4 is 0 Å². The molecule has 0 aliphatic heterocycles. The number of hydrogen-bond acceptors (Lipinski definition) is 3. The van der Waals surface area contributed by atoms with Gasteiger partial charge in [0.2, 0.25) is 5.88 Å². The van der Waals surface area contributed by atoms with Crippen molar-refractivity contribution in [3.63, 3.8) is 0 Å². The number of unbranched alkanes of at least 4 members (excludes halogenated alkanes) is 1. The summed E-state index contributed by atoms with van der Waals surface area (Å²) >= 11 is 5.93. The van der Waals surface area contributed by atoms with Gasteiger partial charge in [-0.15, -0.1) is 4.91 Å². The van der Waals surface area contributed by atoms with Gasteiger partial charge in [0.25, 0.3) is 0 Å². The van der Waals surface area contributed by atoms with Crippen LogP contribution in [0.2, 0.25) is 5.02 Å². The molecule has 0 atom stereocenters. The van der Waals surface area contributed by atoms with Crippen molar-refractivity contribution in [2.75, 3.05) is 0 Å². The highest BCUT2D eigenvalue weighted by atomic mass is 35.5. The Kier molecular flexibility index (Phi) is 3.33. The first kappa shape index (κ1) is 11.9. The molecule has 2 rings (SSSR count). The third-order valence-electron chi connectivity index (χ3n) is 2.80. The lowest BCUT2D eigenvalue weighted by molar-refractivity contribution is 0.418. The molecule has 1 N–H and O–H groups in total. The van der Waals surface area contributed by atoms with Crippen LogP contribution in [-0.2, 0) is 6.54 Å². The summed E-state index contributed by atoms with van der Waals surface area (Å²) in [6.07, 6.45) is 1.92. The third-order valence-corrected chi connectivity index (χ3v) is 3.03. The monoisotopic (exact) mass is 252 g/mol. The lowest BCUT2D eigenvalue weighted by Gasteiger charge is -2.05. The van der Waals surface area contributed by atoms with Crippen LogP contribution in [0.1, 0.15) is 19.8 Å². The van der Waals surface area contributed by atoms with Crippen molar-refractivity contribution >= 4 is 28.2 Å². The van der Waals surface area contributed by atoms with Gasteiger partial charge < -0.3 is 9.67 Å². The van der Waals surface area contributed by atoms with Crippen LogP contribution in [0.3, 0.4) is 0 Å². The maximum atomic E-state index is 10.8. The van der Waals surface area contributed by atoms with E-state index in [1.54, 1.807) is 22.8 Å². The average Bonchev–Trinajstić information content (AvgIpc) is 2.58.